The lowest BCUT2D eigenvalue weighted by atomic mass is 10.3. The number of thioether (sulfide) groups is 1. The van der Waals surface area contributed by atoms with E-state index in [-0.39, 0.29) is 24.1 Å². The normalized spacial score (nSPS) is 11.6. The number of halogens is 1. The molecule has 10 heteroatoms. The molecular weight excluding hydrogens is 387 g/mol. The maximum absolute atomic E-state index is 13.1. The average Bonchev–Trinajstić information content (AvgIpc) is 3.03. The van der Waals surface area contributed by atoms with Gasteiger partial charge in [0.1, 0.15) is 11.6 Å². The molecule has 2 rings (SSSR count). The molecule has 0 aliphatic heterocycles. The largest absolute Gasteiger partial charge is 0.360 e. The molecule has 3 amide bonds. The molecule has 0 spiro atoms. The number of carbonyl (C=O) groups is 3. The van der Waals surface area contributed by atoms with E-state index in [1.54, 1.807) is 26.0 Å². The Hall–Kier alpha value is -2.88. The highest BCUT2D eigenvalue weighted by molar-refractivity contribution is 8.01. The number of aromatic nitrogens is 1. The number of aryl methyl sites for hydroxylation is 1. The van der Waals surface area contributed by atoms with Crippen molar-refractivity contribution in [1.29, 1.82) is 0 Å². The SMILES string of the molecule is Cc1cc(NC(=O)[C@H](C)SCC(=O)N(C)CC(=O)Nc2cccc(F)c2)no1. The Kier molecular flexibility index (Phi) is 7.56. The van der Waals surface area contributed by atoms with Crippen LogP contribution in [-0.4, -0.2) is 52.4 Å². The van der Waals surface area contributed by atoms with Gasteiger partial charge in [0.15, 0.2) is 5.82 Å². The molecule has 150 valence electrons. The second kappa shape index (κ2) is 9.88. The first-order valence-corrected chi connectivity index (χ1v) is 9.44. The van der Waals surface area contributed by atoms with Crippen LogP contribution >= 0.6 is 11.8 Å². The van der Waals surface area contributed by atoms with Crippen LogP contribution in [0.3, 0.4) is 0 Å². The van der Waals surface area contributed by atoms with Crippen molar-refractivity contribution in [3.63, 3.8) is 0 Å². The first-order chi connectivity index (χ1) is 13.2. The van der Waals surface area contributed by atoms with Crippen LogP contribution < -0.4 is 10.6 Å². The summed E-state index contributed by atoms with van der Waals surface area (Å²) in [5.74, 6) is -0.619. The Morgan fingerprint density at radius 1 is 1.29 bits per heavy atom. The molecule has 2 N–H and O–H groups in total. The van der Waals surface area contributed by atoms with Crippen molar-refractivity contribution in [1.82, 2.24) is 10.1 Å². The van der Waals surface area contributed by atoms with Gasteiger partial charge in [0.25, 0.3) is 0 Å². The summed E-state index contributed by atoms with van der Waals surface area (Å²) >= 11 is 1.14. The molecule has 0 saturated carbocycles. The van der Waals surface area contributed by atoms with Gasteiger partial charge in [-0.3, -0.25) is 14.4 Å². The minimum atomic E-state index is -0.504. The first kappa shape index (κ1) is 21.4. The van der Waals surface area contributed by atoms with Crippen LogP contribution in [0, 0.1) is 12.7 Å². The molecule has 1 aromatic heterocycles. The first-order valence-electron chi connectivity index (χ1n) is 8.39. The molecule has 0 aliphatic rings. The number of hydrogen-bond donors (Lipinski definition) is 2. The highest BCUT2D eigenvalue weighted by atomic mass is 32.2. The monoisotopic (exact) mass is 408 g/mol. The van der Waals surface area contributed by atoms with Crippen molar-refractivity contribution >= 4 is 41.0 Å². The lowest BCUT2D eigenvalue weighted by molar-refractivity contribution is -0.131. The Morgan fingerprint density at radius 2 is 2.04 bits per heavy atom. The van der Waals surface area contributed by atoms with Crippen LogP contribution in [0.25, 0.3) is 0 Å². The third-order valence-corrected chi connectivity index (χ3v) is 4.75. The van der Waals surface area contributed by atoms with E-state index in [1.165, 1.54) is 30.1 Å². The fourth-order valence-corrected chi connectivity index (χ4v) is 2.93. The third-order valence-electron chi connectivity index (χ3n) is 3.62. The topological polar surface area (TPSA) is 105 Å². The quantitative estimate of drug-likeness (QED) is 0.694. The molecule has 0 radical (unpaired) electrons. The Bertz CT molecular complexity index is 858. The van der Waals surface area contributed by atoms with Gasteiger partial charge in [0, 0.05) is 18.8 Å². The molecule has 0 fully saturated rings. The lowest BCUT2D eigenvalue weighted by Gasteiger charge is -2.18. The Labute approximate surface area is 165 Å². The number of benzene rings is 1. The number of amides is 3. The second-order valence-corrected chi connectivity index (χ2v) is 7.40. The fraction of sp³-hybridized carbons (Fsp3) is 0.333. The Morgan fingerprint density at radius 3 is 2.68 bits per heavy atom. The molecule has 0 aliphatic carbocycles. The summed E-state index contributed by atoms with van der Waals surface area (Å²) in [4.78, 5) is 37.5. The van der Waals surface area contributed by atoms with Gasteiger partial charge in [-0.05, 0) is 32.0 Å². The summed E-state index contributed by atoms with van der Waals surface area (Å²) in [6.45, 7) is 3.19. The zero-order valence-corrected chi connectivity index (χ0v) is 16.5. The van der Waals surface area contributed by atoms with Crippen molar-refractivity contribution in [3.05, 3.63) is 41.9 Å². The fourth-order valence-electron chi connectivity index (χ4n) is 2.11. The van der Waals surface area contributed by atoms with Gasteiger partial charge in [-0.25, -0.2) is 4.39 Å². The van der Waals surface area contributed by atoms with Crippen LogP contribution in [-0.2, 0) is 14.4 Å². The van der Waals surface area contributed by atoms with Crippen LogP contribution in [0.5, 0.6) is 0 Å². The molecule has 0 saturated heterocycles. The van der Waals surface area contributed by atoms with Crippen LogP contribution in [0.15, 0.2) is 34.9 Å². The molecule has 0 bridgehead atoms. The van der Waals surface area contributed by atoms with Crippen molar-refractivity contribution < 1.29 is 23.3 Å². The van der Waals surface area contributed by atoms with E-state index in [0.29, 0.717) is 17.3 Å². The van der Waals surface area contributed by atoms with Crippen LogP contribution in [0.2, 0.25) is 0 Å². The smallest absolute Gasteiger partial charge is 0.243 e. The van der Waals surface area contributed by atoms with E-state index >= 15 is 0 Å². The van der Waals surface area contributed by atoms with Gasteiger partial charge < -0.3 is 20.1 Å². The van der Waals surface area contributed by atoms with Gasteiger partial charge in [0.05, 0.1) is 17.5 Å². The van der Waals surface area contributed by atoms with Gasteiger partial charge >= 0.3 is 0 Å². The number of carbonyl (C=O) groups excluding carboxylic acids is 3. The lowest BCUT2D eigenvalue weighted by Crippen LogP contribution is -2.36. The zero-order valence-electron chi connectivity index (χ0n) is 15.7. The van der Waals surface area contributed by atoms with Gasteiger partial charge in [-0.2, -0.15) is 0 Å². The van der Waals surface area contributed by atoms with E-state index in [1.807, 2.05) is 0 Å². The summed E-state index contributed by atoms with van der Waals surface area (Å²) in [5, 5.41) is 8.29. The minimum Gasteiger partial charge on any atom is -0.360 e. The number of nitrogens with one attached hydrogen (secondary N) is 2. The number of hydrogen-bond acceptors (Lipinski definition) is 6. The van der Waals surface area contributed by atoms with Crippen LogP contribution in [0.4, 0.5) is 15.9 Å². The van der Waals surface area contributed by atoms with Crippen molar-refractivity contribution in [2.45, 2.75) is 19.1 Å². The predicted molar refractivity (Wildman–Crippen MR) is 104 cm³/mol. The summed E-state index contributed by atoms with van der Waals surface area (Å²) < 4.78 is 18.0. The summed E-state index contributed by atoms with van der Waals surface area (Å²) in [5.41, 5.74) is 0.314. The molecule has 2 aromatic rings. The van der Waals surface area contributed by atoms with Gasteiger partial charge in [-0.15, -0.1) is 11.8 Å². The number of nitrogens with zero attached hydrogens (tertiary/aromatic N) is 2. The highest BCUT2D eigenvalue weighted by Gasteiger charge is 2.19. The highest BCUT2D eigenvalue weighted by Crippen LogP contribution is 2.15. The van der Waals surface area contributed by atoms with E-state index in [2.05, 4.69) is 15.8 Å². The van der Waals surface area contributed by atoms with Crippen molar-refractivity contribution in [2.75, 3.05) is 30.0 Å². The zero-order chi connectivity index (χ0) is 20.7. The van der Waals surface area contributed by atoms with E-state index in [0.717, 1.165) is 11.8 Å². The molecular formula is C18H21FN4O4S. The standard InChI is InChI=1S/C18H21FN4O4S/c1-11-7-15(22-27-11)21-18(26)12(2)28-10-17(25)23(3)9-16(24)20-14-6-4-5-13(19)8-14/h4-8,12H,9-10H2,1-3H3,(H,20,24)(H,21,22,26)/t12-/m0/s1. The summed E-state index contributed by atoms with van der Waals surface area (Å²) in [6.07, 6.45) is 0. The molecule has 8 nitrogen and oxygen atoms in total. The average molecular weight is 408 g/mol. The maximum Gasteiger partial charge on any atom is 0.243 e. The van der Waals surface area contributed by atoms with E-state index in [9.17, 15) is 18.8 Å². The molecule has 28 heavy (non-hydrogen) atoms. The molecule has 1 atom stereocenters. The van der Waals surface area contributed by atoms with Crippen molar-refractivity contribution in [2.24, 2.45) is 0 Å². The number of likely N-dealkylation sites (N-methyl/N-ethyl adjacent to an activating group) is 1. The van der Waals surface area contributed by atoms with E-state index < -0.39 is 17.0 Å². The second-order valence-electron chi connectivity index (χ2n) is 6.07. The molecule has 0 unspecified atom stereocenters. The molecule has 1 heterocycles. The summed E-state index contributed by atoms with van der Waals surface area (Å²) in [6, 6.07) is 7.07. The van der Waals surface area contributed by atoms with Gasteiger partial charge in [0.2, 0.25) is 17.7 Å². The van der Waals surface area contributed by atoms with E-state index in [4.69, 9.17) is 4.52 Å². The number of anilines is 2. The van der Waals surface area contributed by atoms with Crippen molar-refractivity contribution in [3.8, 4) is 0 Å². The summed E-state index contributed by atoms with van der Waals surface area (Å²) in [7, 11) is 1.48. The van der Waals surface area contributed by atoms with Crippen LogP contribution in [0.1, 0.15) is 12.7 Å². The Balaban J connectivity index is 1.75. The van der Waals surface area contributed by atoms with Gasteiger partial charge in [-0.1, -0.05) is 11.2 Å². The number of rotatable bonds is 8. The maximum atomic E-state index is 13.1. The predicted octanol–water partition coefficient (Wildman–Crippen LogP) is 2.28. The third kappa shape index (κ3) is 6.69. The molecule has 1 aromatic carbocycles. The minimum absolute atomic E-state index is 0.0240.